The van der Waals surface area contributed by atoms with Crippen molar-refractivity contribution in [1.82, 2.24) is 10.3 Å². The Bertz CT molecular complexity index is 933. The zero-order valence-corrected chi connectivity index (χ0v) is 15.8. The van der Waals surface area contributed by atoms with E-state index in [1.807, 2.05) is 36.5 Å². The maximum Gasteiger partial charge on any atom is 0.224 e. The molecule has 0 aliphatic carbocycles. The summed E-state index contributed by atoms with van der Waals surface area (Å²) in [5.74, 6) is 2.06. The fourth-order valence-corrected chi connectivity index (χ4v) is 3.07. The molecule has 1 aromatic heterocycles. The Morgan fingerprint density at radius 2 is 1.81 bits per heavy atom. The van der Waals surface area contributed by atoms with Gasteiger partial charge in [-0.1, -0.05) is 6.07 Å². The molecule has 0 aliphatic heterocycles. The lowest BCUT2D eigenvalue weighted by Gasteiger charge is -2.10. The molecule has 1 heterocycles. The van der Waals surface area contributed by atoms with Crippen molar-refractivity contribution >= 4 is 16.8 Å². The summed E-state index contributed by atoms with van der Waals surface area (Å²) < 4.78 is 15.8. The molecule has 0 atom stereocenters. The van der Waals surface area contributed by atoms with Crippen molar-refractivity contribution in [2.24, 2.45) is 0 Å². The molecular formula is C21H24N2O4. The van der Waals surface area contributed by atoms with Gasteiger partial charge in [0.15, 0.2) is 11.5 Å². The number of nitrogens with one attached hydrogen (secondary N) is 2. The van der Waals surface area contributed by atoms with Crippen LogP contribution in [0.15, 0.2) is 42.6 Å². The van der Waals surface area contributed by atoms with Crippen LogP contribution in [0.4, 0.5) is 0 Å². The molecule has 142 valence electrons. The van der Waals surface area contributed by atoms with Crippen LogP contribution in [0.2, 0.25) is 0 Å². The van der Waals surface area contributed by atoms with Crippen molar-refractivity contribution in [1.29, 1.82) is 0 Å². The first-order chi connectivity index (χ1) is 13.1. The first-order valence-corrected chi connectivity index (χ1v) is 8.76. The molecule has 0 spiro atoms. The van der Waals surface area contributed by atoms with E-state index in [1.54, 1.807) is 27.4 Å². The normalized spacial score (nSPS) is 10.6. The topological polar surface area (TPSA) is 72.6 Å². The molecule has 2 N–H and O–H groups in total. The first-order valence-electron chi connectivity index (χ1n) is 8.76. The highest BCUT2D eigenvalue weighted by atomic mass is 16.5. The molecule has 0 bridgehead atoms. The molecule has 0 saturated heterocycles. The number of hydrogen-bond acceptors (Lipinski definition) is 4. The second kappa shape index (κ2) is 8.49. The number of fused-ring (bicyclic) bond motifs is 1. The molecule has 0 unspecified atom stereocenters. The quantitative estimate of drug-likeness (QED) is 0.641. The smallest absolute Gasteiger partial charge is 0.224 e. The van der Waals surface area contributed by atoms with Gasteiger partial charge in [-0.2, -0.15) is 0 Å². The molecule has 2 aromatic carbocycles. The third-order valence-corrected chi connectivity index (χ3v) is 4.50. The highest BCUT2D eigenvalue weighted by molar-refractivity contribution is 5.85. The Kier molecular flexibility index (Phi) is 5.86. The van der Waals surface area contributed by atoms with Gasteiger partial charge >= 0.3 is 0 Å². The number of aromatic nitrogens is 1. The van der Waals surface area contributed by atoms with E-state index in [1.165, 1.54) is 0 Å². The van der Waals surface area contributed by atoms with Gasteiger partial charge in [0.05, 0.1) is 27.8 Å². The molecule has 27 heavy (non-hydrogen) atoms. The monoisotopic (exact) mass is 368 g/mol. The largest absolute Gasteiger partial charge is 0.497 e. The molecule has 6 heteroatoms. The average Bonchev–Trinajstić information content (AvgIpc) is 3.10. The number of amides is 1. The summed E-state index contributed by atoms with van der Waals surface area (Å²) in [6, 6.07) is 11.4. The summed E-state index contributed by atoms with van der Waals surface area (Å²) in [4.78, 5) is 15.5. The molecule has 0 aliphatic rings. The number of H-pyrrole nitrogens is 1. The summed E-state index contributed by atoms with van der Waals surface area (Å²) in [5.41, 5.74) is 3.08. The predicted octanol–water partition coefficient (Wildman–Crippen LogP) is 3.10. The summed E-state index contributed by atoms with van der Waals surface area (Å²) in [5, 5.41) is 4.09. The number of ether oxygens (including phenoxy) is 3. The van der Waals surface area contributed by atoms with E-state index in [4.69, 9.17) is 14.2 Å². The predicted molar refractivity (Wildman–Crippen MR) is 105 cm³/mol. The molecule has 6 nitrogen and oxygen atoms in total. The third kappa shape index (κ3) is 4.34. The zero-order chi connectivity index (χ0) is 19.2. The molecule has 0 fully saturated rings. The van der Waals surface area contributed by atoms with Crippen LogP contribution < -0.4 is 19.5 Å². The highest BCUT2D eigenvalue weighted by Gasteiger charge is 2.09. The van der Waals surface area contributed by atoms with Gasteiger partial charge < -0.3 is 24.5 Å². The molecule has 3 rings (SSSR count). The maximum absolute atomic E-state index is 12.2. The minimum Gasteiger partial charge on any atom is -0.497 e. The van der Waals surface area contributed by atoms with Gasteiger partial charge in [-0.3, -0.25) is 4.79 Å². The standard InChI is InChI=1S/C21H24N2O4/c1-25-16-5-6-18-17(12-16)15(13-23-18)8-9-22-21(24)11-14-4-7-19(26-2)20(10-14)27-3/h4-7,10,12-13,23H,8-9,11H2,1-3H3,(H,22,24). The zero-order valence-electron chi connectivity index (χ0n) is 15.8. The van der Waals surface area contributed by atoms with Gasteiger partial charge in [0.25, 0.3) is 0 Å². The lowest BCUT2D eigenvalue weighted by Crippen LogP contribution is -2.27. The van der Waals surface area contributed by atoms with E-state index in [0.717, 1.165) is 34.2 Å². The number of rotatable bonds is 8. The van der Waals surface area contributed by atoms with E-state index < -0.39 is 0 Å². The van der Waals surface area contributed by atoms with Gasteiger partial charge in [0, 0.05) is 23.6 Å². The van der Waals surface area contributed by atoms with Crippen LogP contribution in [0.3, 0.4) is 0 Å². The van der Waals surface area contributed by atoms with Crippen LogP contribution in [0.1, 0.15) is 11.1 Å². The molecule has 1 amide bonds. The second-order valence-electron chi connectivity index (χ2n) is 6.19. The number of carbonyl (C=O) groups is 1. The average molecular weight is 368 g/mol. The summed E-state index contributed by atoms with van der Waals surface area (Å²) in [6.45, 7) is 0.566. The Morgan fingerprint density at radius 3 is 2.56 bits per heavy atom. The van der Waals surface area contributed by atoms with Crippen LogP contribution in [0.25, 0.3) is 10.9 Å². The Morgan fingerprint density at radius 1 is 1.00 bits per heavy atom. The minimum atomic E-state index is -0.0281. The number of methoxy groups -OCH3 is 3. The number of hydrogen-bond donors (Lipinski definition) is 2. The second-order valence-corrected chi connectivity index (χ2v) is 6.19. The maximum atomic E-state index is 12.2. The van der Waals surface area contributed by atoms with Crippen LogP contribution in [0, 0.1) is 0 Å². The first kappa shape index (κ1) is 18.6. The lowest BCUT2D eigenvalue weighted by molar-refractivity contribution is -0.120. The minimum absolute atomic E-state index is 0.0281. The van der Waals surface area contributed by atoms with Crippen molar-refractivity contribution in [3.05, 3.63) is 53.7 Å². The van der Waals surface area contributed by atoms with Crippen LogP contribution >= 0.6 is 0 Å². The number of benzene rings is 2. The van der Waals surface area contributed by atoms with Gasteiger partial charge in [0.1, 0.15) is 5.75 Å². The van der Waals surface area contributed by atoms with Crippen molar-refractivity contribution in [3.8, 4) is 17.2 Å². The SMILES string of the molecule is COc1ccc2[nH]cc(CCNC(=O)Cc3ccc(OC)c(OC)c3)c2c1. The lowest BCUT2D eigenvalue weighted by atomic mass is 10.1. The van der Waals surface area contributed by atoms with Crippen molar-refractivity contribution in [3.63, 3.8) is 0 Å². The number of carbonyl (C=O) groups excluding carboxylic acids is 1. The van der Waals surface area contributed by atoms with Gasteiger partial charge in [0.2, 0.25) is 5.91 Å². The van der Waals surface area contributed by atoms with Crippen molar-refractivity contribution in [2.75, 3.05) is 27.9 Å². The molecule has 0 saturated carbocycles. The van der Waals surface area contributed by atoms with Gasteiger partial charge in [-0.15, -0.1) is 0 Å². The van der Waals surface area contributed by atoms with E-state index in [2.05, 4.69) is 10.3 Å². The molecule has 0 radical (unpaired) electrons. The van der Waals surface area contributed by atoms with Crippen LogP contribution in [-0.2, 0) is 17.6 Å². The summed E-state index contributed by atoms with van der Waals surface area (Å²) in [7, 11) is 4.82. The highest BCUT2D eigenvalue weighted by Crippen LogP contribution is 2.27. The van der Waals surface area contributed by atoms with Crippen LogP contribution in [0.5, 0.6) is 17.2 Å². The van der Waals surface area contributed by atoms with E-state index in [-0.39, 0.29) is 5.91 Å². The fourth-order valence-electron chi connectivity index (χ4n) is 3.07. The molecular weight excluding hydrogens is 344 g/mol. The summed E-state index contributed by atoms with van der Waals surface area (Å²) >= 11 is 0. The van der Waals surface area contributed by atoms with Gasteiger partial charge in [-0.05, 0) is 47.9 Å². The Hall–Kier alpha value is -3.15. The number of aromatic amines is 1. The Labute approximate surface area is 158 Å². The van der Waals surface area contributed by atoms with E-state index >= 15 is 0 Å². The van der Waals surface area contributed by atoms with E-state index in [9.17, 15) is 4.79 Å². The summed E-state index contributed by atoms with van der Waals surface area (Å²) in [6.07, 6.45) is 3.01. The van der Waals surface area contributed by atoms with Crippen molar-refractivity contribution in [2.45, 2.75) is 12.8 Å². The fraction of sp³-hybridized carbons (Fsp3) is 0.286. The van der Waals surface area contributed by atoms with Crippen LogP contribution in [-0.4, -0.2) is 38.8 Å². The van der Waals surface area contributed by atoms with Crippen molar-refractivity contribution < 1.29 is 19.0 Å². The third-order valence-electron chi connectivity index (χ3n) is 4.50. The Balaban J connectivity index is 1.57. The van der Waals surface area contributed by atoms with E-state index in [0.29, 0.717) is 24.5 Å². The van der Waals surface area contributed by atoms with Gasteiger partial charge in [-0.25, -0.2) is 0 Å². The molecule has 3 aromatic rings.